The average Bonchev–Trinajstić information content (AvgIpc) is 2.70. The number of nitrogen functional groups attached to an aromatic ring is 1. The van der Waals surface area contributed by atoms with E-state index in [0.717, 1.165) is 41.9 Å². The summed E-state index contributed by atoms with van der Waals surface area (Å²) >= 11 is 0. The Balaban J connectivity index is 1.93. The molecule has 0 aliphatic rings. The molecule has 140 valence electrons. The van der Waals surface area contributed by atoms with Crippen LogP contribution in [0.1, 0.15) is 42.6 Å². The van der Waals surface area contributed by atoms with E-state index in [1.165, 1.54) is 5.56 Å². The van der Waals surface area contributed by atoms with Crippen LogP contribution in [0.4, 0.5) is 5.69 Å². The summed E-state index contributed by atoms with van der Waals surface area (Å²) in [7, 11) is 1.62. The van der Waals surface area contributed by atoms with Gasteiger partial charge in [-0.3, -0.25) is 4.98 Å². The number of anilines is 1. The Kier molecular flexibility index (Phi) is 6.07. The van der Waals surface area contributed by atoms with Crippen molar-refractivity contribution < 1.29 is 4.74 Å². The van der Waals surface area contributed by atoms with Crippen LogP contribution in [-0.4, -0.2) is 17.1 Å². The largest absolute Gasteiger partial charge is 0.495 e. The number of aromatic nitrogens is 2. The SMILES string of the molecule is CCCC(Cc1nc(-c2ccc(N)c(OC)c2)cnc1C)c1ccccc1. The lowest BCUT2D eigenvalue weighted by atomic mass is 9.89. The van der Waals surface area contributed by atoms with E-state index >= 15 is 0 Å². The molecule has 1 atom stereocenters. The highest BCUT2D eigenvalue weighted by molar-refractivity contribution is 5.67. The Morgan fingerprint density at radius 3 is 2.59 bits per heavy atom. The fourth-order valence-electron chi connectivity index (χ4n) is 3.38. The van der Waals surface area contributed by atoms with Gasteiger partial charge in [-0.15, -0.1) is 0 Å². The Morgan fingerprint density at radius 1 is 1.11 bits per heavy atom. The van der Waals surface area contributed by atoms with E-state index in [4.69, 9.17) is 15.5 Å². The summed E-state index contributed by atoms with van der Waals surface area (Å²) in [6, 6.07) is 16.4. The average molecular weight is 361 g/mol. The third-order valence-corrected chi connectivity index (χ3v) is 4.93. The van der Waals surface area contributed by atoms with Crippen LogP contribution in [0, 0.1) is 6.92 Å². The summed E-state index contributed by atoms with van der Waals surface area (Å²) in [6.07, 6.45) is 4.98. The van der Waals surface area contributed by atoms with E-state index in [9.17, 15) is 0 Å². The normalized spacial score (nSPS) is 12.0. The highest BCUT2D eigenvalue weighted by Gasteiger charge is 2.15. The van der Waals surface area contributed by atoms with Crippen molar-refractivity contribution in [1.82, 2.24) is 9.97 Å². The van der Waals surface area contributed by atoms with Crippen LogP contribution in [0.2, 0.25) is 0 Å². The monoisotopic (exact) mass is 361 g/mol. The lowest BCUT2D eigenvalue weighted by Crippen LogP contribution is -2.08. The number of rotatable bonds is 7. The maximum atomic E-state index is 5.93. The number of methoxy groups -OCH3 is 1. The van der Waals surface area contributed by atoms with Gasteiger partial charge < -0.3 is 10.5 Å². The van der Waals surface area contributed by atoms with E-state index in [0.29, 0.717) is 17.4 Å². The van der Waals surface area contributed by atoms with Crippen molar-refractivity contribution in [3.05, 3.63) is 71.7 Å². The Hall–Kier alpha value is -2.88. The quantitative estimate of drug-likeness (QED) is 0.590. The molecule has 2 aromatic carbocycles. The van der Waals surface area contributed by atoms with E-state index < -0.39 is 0 Å². The van der Waals surface area contributed by atoms with Crippen molar-refractivity contribution in [2.24, 2.45) is 0 Å². The van der Waals surface area contributed by atoms with Gasteiger partial charge in [-0.1, -0.05) is 49.7 Å². The fourth-order valence-corrected chi connectivity index (χ4v) is 3.38. The summed E-state index contributed by atoms with van der Waals surface area (Å²) in [5.74, 6) is 1.10. The predicted octanol–water partition coefficient (Wildman–Crippen LogP) is 5.17. The first-order chi connectivity index (χ1) is 13.1. The lowest BCUT2D eigenvalue weighted by molar-refractivity contribution is 0.417. The zero-order valence-corrected chi connectivity index (χ0v) is 16.3. The van der Waals surface area contributed by atoms with E-state index in [-0.39, 0.29) is 0 Å². The smallest absolute Gasteiger partial charge is 0.142 e. The first-order valence-electron chi connectivity index (χ1n) is 9.43. The fraction of sp³-hybridized carbons (Fsp3) is 0.304. The second-order valence-corrected chi connectivity index (χ2v) is 6.84. The molecule has 0 saturated heterocycles. The molecule has 3 aromatic rings. The predicted molar refractivity (Wildman–Crippen MR) is 111 cm³/mol. The van der Waals surface area contributed by atoms with Gasteiger partial charge in [0.2, 0.25) is 0 Å². The molecule has 0 aliphatic heterocycles. The molecule has 0 saturated carbocycles. The van der Waals surface area contributed by atoms with Gasteiger partial charge in [0.1, 0.15) is 5.75 Å². The van der Waals surface area contributed by atoms with Gasteiger partial charge in [0.15, 0.2) is 0 Å². The Bertz CT molecular complexity index is 893. The maximum absolute atomic E-state index is 5.93. The molecular weight excluding hydrogens is 334 g/mol. The van der Waals surface area contributed by atoms with Crippen molar-refractivity contribution in [3.8, 4) is 17.0 Å². The van der Waals surface area contributed by atoms with E-state index in [1.54, 1.807) is 7.11 Å². The van der Waals surface area contributed by atoms with Crippen molar-refractivity contribution in [2.75, 3.05) is 12.8 Å². The number of nitrogens with two attached hydrogens (primary N) is 1. The Morgan fingerprint density at radius 2 is 1.89 bits per heavy atom. The molecule has 0 fully saturated rings. The Labute approximate surface area is 161 Å². The zero-order chi connectivity index (χ0) is 19.2. The molecule has 1 heterocycles. The molecule has 4 heteroatoms. The van der Waals surface area contributed by atoms with Crippen LogP contribution in [0.25, 0.3) is 11.3 Å². The number of hydrogen-bond acceptors (Lipinski definition) is 4. The first kappa shape index (κ1) is 18.9. The summed E-state index contributed by atoms with van der Waals surface area (Å²) < 4.78 is 5.34. The molecular formula is C23H27N3O. The van der Waals surface area contributed by atoms with Gasteiger partial charge in [-0.2, -0.15) is 0 Å². The minimum atomic E-state index is 0.445. The molecule has 1 aromatic heterocycles. The van der Waals surface area contributed by atoms with Crippen LogP contribution >= 0.6 is 0 Å². The maximum Gasteiger partial charge on any atom is 0.142 e. The third kappa shape index (κ3) is 4.45. The molecule has 27 heavy (non-hydrogen) atoms. The standard InChI is InChI=1S/C23H27N3O/c1-4-8-18(17-9-6-5-7-10-17)13-21-16(2)25-15-22(26-21)19-11-12-20(24)23(14-19)27-3/h5-7,9-12,14-15,18H,4,8,13,24H2,1-3H3. The summed E-state index contributed by atoms with van der Waals surface area (Å²) in [5, 5.41) is 0. The topological polar surface area (TPSA) is 61.0 Å². The van der Waals surface area contributed by atoms with E-state index in [1.807, 2.05) is 31.3 Å². The van der Waals surface area contributed by atoms with Gasteiger partial charge in [-0.05, 0) is 43.4 Å². The summed E-state index contributed by atoms with van der Waals surface area (Å²) in [5.41, 5.74) is 11.8. The molecule has 0 amide bonds. The van der Waals surface area contributed by atoms with E-state index in [2.05, 4.69) is 42.2 Å². The molecule has 1 unspecified atom stereocenters. The first-order valence-corrected chi connectivity index (χ1v) is 9.43. The minimum absolute atomic E-state index is 0.445. The van der Waals surface area contributed by atoms with Gasteiger partial charge in [0, 0.05) is 5.56 Å². The van der Waals surface area contributed by atoms with Crippen LogP contribution in [0.15, 0.2) is 54.7 Å². The van der Waals surface area contributed by atoms with Gasteiger partial charge >= 0.3 is 0 Å². The third-order valence-electron chi connectivity index (χ3n) is 4.93. The molecule has 0 radical (unpaired) electrons. The van der Waals surface area contributed by atoms with Crippen LogP contribution in [-0.2, 0) is 6.42 Å². The number of ether oxygens (including phenoxy) is 1. The van der Waals surface area contributed by atoms with Crippen molar-refractivity contribution in [3.63, 3.8) is 0 Å². The number of benzene rings is 2. The summed E-state index contributed by atoms with van der Waals surface area (Å²) in [4.78, 5) is 9.54. The molecule has 4 nitrogen and oxygen atoms in total. The van der Waals surface area contributed by atoms with Gasteiger partial charge in [-0.25, -0.2) is 4.98 Å². The van der Waals surface area contributed by atoms with Crippen LogP contribution in [0.3, 0.4) is 0 Å². The van der Waals surface area contributed by atoms with Gasteiger partial charge in [0.25, 0.3) is 0 Å². The van der Waals surface area contributed by atoms with Crippen LogP contribution < -0.4 is 10.5 Å². The zero-order valence-electron chi connectivity index (χ0n) is 16.3. The molecule has 3 rings (SSSR count). The molecule has 0 aliphatic carbocycles. The number of hydrogen-bond donors (Lipinski definition) is 1. The lowest BCUT2D eigenvalue weighted by Gasteiger charge is -2.18. The number of aryl methyl sites for hydroxylation is 1. The van der Waals surface area contributed by atoms with Crippen molar-refractivity contribution in [2.45, 2.75) is 39.0 Å². The van der Waals surface area contributed by atoms with Crippen molar-refractivity contribution in [1.29, 1.82) is 0 Å². The highest BCUT2D eigenvalue weighted by atomic mass is 16.5. The van der Waals surface area contributed by atoms with Crippen LogP contribution in [0.5, 0.6) is 5.75 Å². The van der Waals surface area contributed by atoms with Gasteiger partial charge in [0.05, 0.1) is 36.1 Å². The second kappa shape index (κ2) is 8.67. The minimum Gasteiger partial charge on any atom is -0.495 e. The molecule has 0 bridgehead atoms. The summed E-state index contributed by atoms with van der Waals surface area (Å²) in [6.45, 7) is 4.26. The number of nitrogens with zero attached hydrogens (tertiary/aromatic N) is 2. The molecule has 0 spiro atoms. The second-order valence-electron chi connectivity index (χ2n) is 6.84. The highest BCUT2D eigenvalue weighted by Crippen LogP contribution is 2.30. The molecule has 2 N–H and O–H groups in total. The van der Waals surface area contributed by atoms with Crippen molar-refractivity contribution >= 4 is 5.69 Å².